The van der Waals surface area contributed by atoms with Crippen molar-refractivity contribution in [2.24, 2.45) is 0 Å². The Morgan fingerprint density at radius 1 is 0.931 bits per heavy atom. The van der Waals surface area contributed by atoms with Crippen LogP contribution < -0.4 is 5.73 Å². The lowest BCUT2D eigenvalue weighted by Crippen LogP contribution is -2.30. The molecule has 0 unspecified atom stereocenters. The lowest BCUT2D eigenvalue weighted by atomic mass is 10.1. The molecule has 7 nitrogen and oxygen atoms in total. The standard InChI is InChI=1S/C22H22N4O3/c1-14-15(10-7-11-18(14)23)20-24-19(29-25-20)12-3-2-6-13-26-21(27)16-8-4-5-9-17(16)22(26)28/h4-5,7-11H,2-3,6,12-13,23H2,1H3. The molecular weight excluding hydrogens is 368 g/mol. The van der Waals surface area contributed by atoms with Gasteiger partial charge in [0.05, 0.1) is 11.1 Å². The van der Waals surface area contributed by atoms with Gasteiger partial charge in [-0.15, -0.1) is 0 Å². The van der Waals surface area contributed by atoms with Crippen LogP contribution in [0.5, 0.6) is 0 Å². The van der Waals surface area contributed by atoms with Crippen molar-refractivity contribution >= 4 is 17.5 Å². The number of nitrogen functional groups attached to an aromatic ring is 1. The molecule has 3 aromatic rings. The minimum atomic E-state index is -0.204. The average Bonchev–Trinajstić information content (AvgIpc) is 3.29. The van der Waals surface area contributed by atoms with Crippen molar-refractivity contribution in [3.8, 4) is 11.4 Å². The van der Waals surface area contributed by atoms with Crippen molar-refractivity contribution in [2.75, 3.05) is 12.3 Å². The number of anilines is 1. The second kappa shape index (κ2) is 7.87. The summed E-state index contributed by atoms with van der Waals surface area (Å²) in [4.78, 5) is 30.5. The van der Waals surface area contributed by atoms with E-state index in [2.05, 4.69) is 10.1 Å². The van der Waals surface area contributed by atoms with Gasteiger partial charge in [0.1, 0.15) is 0 Å². The van der Waals surface area contributed by atoms with Gasteiger partial charge in [0, 0.05) is 24.2 Å². The van der Waals surface area contributed by atoms with Gasteiger partial charge in [-0.2, -0.15) is 4.98 Å². The Bertz CT molecular complexity index is 1040. The molecule has 148 valence electrons. The fraction of sp³-hybridized carbons (Fsp3) is 0.273. The number of aromatic nitrogens is 2. The summed E-state index contributed by atoms with van der Waals surface area (Å²) in [6.07, 6.45) is 3.07. The number of unbranched alkanes of at least 4 members (excludes halogenated alkanes) is 2. The molecule has 2 amide bonds. The number of nitrogens with two attached hydrogens (primary N) is 1. The summed E-state index contributed by atoms with van der Waals surface area (Å²) in [7, 11) is 0. The highest BCUT2D eigenvalue weighted by molar-refractivity contribution is 6.21. The third-order valence-electron chi connectivity index (χ3n) is 5.24. The van der Waals surface area contributed by atoms with E-state index in [1.165, 1.54) is 4.90 Å². The first-order valence-electron chi connectivity index (χ1n) is 9.69. The molecule has 0 bridgehead atoms. The summed E-state index contributed by atoms with van der Waals surface area (Å²) in [6, 6.07) is 12.6. The fourth-order valence-corrected chi connectivity index (χ4v) is 3.53. The monoisotopic (exact) mass is 390 g/mol. The van der Waals surface area contributed by atoms with Crippen LogP contribution in [0.15, 0.2) is 47.0 Å². The molecule has 1 aliphatic rings. The van der Waals surface area contributed by atoms with Crippen molar-refractivity contribution < 1.29 is 14.1 Å². The number of amides is 2. The third kappa shape index (κ3) is 3.63. The van der Waals surface area contributed by atoms with E-state index in [9.17, 15) is 9.59 Å². The molecule has 29 heavy (non-hydrogen) atoms. The van der Waals surface area contributed by atoms with Gasteiger partial charge in [-0.1, -0.05) is 35.8 Å². The van der Waals surface area contributed by atoms with Crippen molar-refractivity contribution in [1.29, 1.82) is 0 Å². The van der Waals surface area contributed by atoms with E-state index in [-0.39, 0.29) is 11.8 Å². The van der Waals surface area contributed by atoms with E-state index in [0.717, 1.165) is 30.4 Å². The van der Waals surface area contributed by atoms with Gasteiger partial charge in [-0.05, 0) is 43.5 Å². The highest BCUT2D eigenvalue weighted by Crippen LogP contribution is 2.25. The predicted octanol–water partition coefficient (Wildman–Crippen LogP) is 3.64. The number of carbonyl (C=O) groups excluding carboxylic acids is 2. The molecule has 0 aliphatic carbocycles. The minimum Gasteiger partial charge on any atom is -0.398 e. The smallest absolute Gasteiger partial charge is 0.261 e. The highest BCUT2D eigenvalue weighted by Gasteiger charge is 2.34. The van der Waals surface area contributed by atoms with Crippen LogP contribution in [-0.4, -0.2) is 33.4 Å². The van der Waals surface area contributed by atoms with Gasteiger partial charge in [-0.25, -0.2) is 0 Å². The van der Waals surface area contributed by atoms with Gasteiger partial charge in [0.2, 0.25) is 11.7 Å². The molecule has 1 aromatic heterocycles. The summed E-state index contributed by atoms with van der Waals surface area (Å²) in [5, 5.41) is 4.05. The summed E-state index contributed by atoms with van der Waals surface area (Å²) >= 11 is 0. The Morgan fingerprint density at radius 3 is 2.34 bits per heavy atom. The minimum absolute atomic E-state index is 0.204. The summed E-state index contributed by atoms with van der Waals surface area (Å²) in [5.41, 5.74) is 9.42. The molecule has 7 heteroatoms. The number of nitrogens with zero attached hydrogens (tertiary/aromatic N) is 3. The van der Waals surface area contributed by atoms with Crippen LogP contribution in [0, 0.1) is 6.92 Å². The summed E-state index contributed by atoms with van der Waals surface area (Å²) in [5.74, 6) is 0.702. The van der Waals surface area contributed by atoms with Crippen molar-refractivity contribution in [2.45, 2.75) is 32.6 Å². The molecule has 4 rings (SSSR count). The van der Waals surface area contributed by atoms with E-state index in [0.29, 0.717) is 41.5 Å². The first kappa shape index (κ1) is 18.9. The molecule has 0 radical (unpaired) electrons. The van der Waals surface area contributed by atoms with E-state index in [1.807, 2.05) is 25.1 Å². The number of carbonyl (C=O) groups is 2. The van der Waals surface area contributed by atoms with E-state index in [1.54, 1.807) is 24.3 Å². The molecule has 1 aliphatic heterocycles. The molecule has 0 atom stereocenters. The number of aryl methyl sites for hydroxylation is 1. The lowest BCUT2D eigenvalue weighted by molar-refractivity contribution is 0.0651. The maximum absolute atomic E-state index is 12.3. The second-order valence-corrected chi connectivity index (χ2v) is 7.15. The van der Waals surface area contributed by atoms with Crippen LogP contribution >= 0.6 is 0 Å². The number of fused-ring (bicyclic) bond motifs is 1. The topological polar surface area (TPSA) is 102 Å². The molecule has 0 fully saturated rings. The molecule has 2 aromatic carbocycles. The summed E-state index contributed by atoms with van der Waals surface area (Å²) < 4.78 is 5.35. The lowest BCUT2D eigenvalue weighted by Gasteiger charge is -2.13. The maximum atomic E-state index is 12.3. The van der Waals surface area contributed by atoms with Crippen LogP contribution in [0.2, 0.25) is 0 Å². The van der Waals surface area contributed by atoms with Gasteiger partial charge in [0.25, 0.3) is 11.8 Å². The number of rotatable bonds is 7. The fourth-order valence-electron chi connectivity index (χ4n) is 3.53. The zero-order valence-corrected chi connectivity index (χ0v) is 16.2. The highest BCUT2D eigenvalue weighted by atomic mass is 16.5. The molecule has 2 N–H and O–H groups in total. The molecule has 0 spiro atoms. The zero-order chi connectivity index (χ0) is 20.4. The first-order valence-corrected chi connectivity index (χ1v) is 9.69. The average molecular weight is 390 g/mol. The van der Waals surface area contributed by atoms with E-state index >= 15 is 0 Å². The van der Waals surface area contributed by atoms with Gasteiger partial charge < -0.3 is 10.3 Å². The van der Waals surface area contributed by atoms with Crippen molar-refractivity contribution in [1.82, 2.24) is 15.0 Å². The van der Waals surface area contributed by atoms with Gasteiger partial charge >= 0.3 is 0 Å². The SMILES string of the molecule is Cc1c(N)cccc1-c1noc(CCCCCN2C(=O)c3ccccc3C2=O)n1. The Hall–Kier alpha value is -3.48. The Kier molecular flexibility index (Phi) is 5.12. The van der Waals surface area contributed by atoms with E-state index < -0.39 is 0 Å². The van der Waals surface area contributed by atoms with Gasteiger partial charge in [-0.3, -0.25) is 14.5 Å². The predicted molar refractivity (Wildman–Crippen MR) is 108 cm³/mol. The number of imide groups is 1. The summed E-state index contributed by atoms with van der Waals surface area (Å²) in [6.45, 7) is 2.35. The molecule has 0 saturated carbocycles. The molecular formula is C22H22N4O3. The van der Waals surface area contributed by atoms with Crippen molar-refractivity contribution in [3.05, 3.63) is 65.0 Å². The second-order valence-electron chi connectivity index (χ2n) is 7.15. The Morgan fingerprint density at radius 2 is 1.62 bits per heavy atom. The maximum Gasteiger partial charge on any atom is 0.261 e. The quantitative estimate of drug-likeness (QED) is 0.375. The third-order valence-corrected chi connectivity index (χ3v) is 5.24. The van der Waals surface area contributed by atoms with Crippen LogP contribution in [0.4, 0.5) is 5.69 Å². The molecule has 0 saturated heterocycles. The number of hydrogen-bond donors (Lipinski definition) is 1. The number of hydrogen-bond acceptors (Lipinski definition) is 6. The largest absolute Gasteiger partial charge is 0.398 e. The van der Waals surface area contributed by atoms with Crippen LogP contribution in [0.3, 0.4) is 0 Å². The normalized spacial score (nSPS) is 13.2. The van der Waals surface area contributed by atoms with Crippen molar-refractivity contribution in [3.63, 3.8) is 0 Å². The molecule has 2 heterocycles. The Labute approximate surface area is 168 Å². The first-order chi connectivity index (χ1) is 14.1. The van der Waals surface area contributed by atoms with Crippen LogP contribution in [-0.2, 0) is 6.42 Å². The number of benzene rings is 2. The van der Waals surface area contributed by atoms with Crippen LogP contribution in [0.1, 0.15) is 51.4 Å². The Balaban J connectivity index is 1.27. The van der Waals surface area contributed by atoms with E-state index in [4.69, 9.17) is 10.3 Å². The van der Waals surface area contributed by atoms with Gasteiger partial charge in [0.15, 0.2) is 0 Å². The zero-order valence-electron chi connectivity index (χ0n) is 16.2. The van der Waals surface area contributed by atoms with Crippen LogP contribution in [0.25, 0.3) is 11.4 Å².